The number of carbonyl (C=O) groups excluding carboxylic acids is 1. The number of Topliss-reactive ketones (excluding diaryl/α,β-unsaturated/α-hetero) is 1. The SMILES string of the molecule is CC1(C)CC2CC=CC(C2)C1=O. The van der Waals surface area contributed by atoms with Gasteiger partial charge in [0.25, 0.3) is 0 Å². The van der Waals surface area contributed by atoms with Gasteiger partial charge in [0, 0.05) is 11.3 Å². The molecule has 1 heteroatoms. The van der Waals surface area contributed by atoms with Crippen molar-refractivity contribution in [3.8, 4) is 0 Å². The first-order valence-electron chi connectivity index (χ1n) is 4.80. The summed E-state index contributed by atoms with van der Waals surface area (Å²) in [5.74, 6) is 1.47. The Morgan fingerprint density at radius 3 is 3.00 bits per heavy atom. The average Bonchev–Trinajstić information content (AvgIpc) is 2.01. The molecule has 2 rings (SSSR count). The molecule has 1 fully saturated rings. The Morgan fingerprint density at radius 1 is 1.50 bits per heavy atom. The maximum Gasteiger partial charge on any atom is 0.145 e. The molecule has 2 aliphatic carbocycles. The third-order valence-electron chi connectivity index (χ3n) is 3.23. The van der Waals surface area contributed by atoms with Gasteiger partial charge in [0.1, 0.15) is 5.78 Å². The molecule has 0 amide bonds. The zero-order valence-electron chi connectivity index (χ0n) is 7.84. The average molecular weight is 164 g/mol. The summed E-state index contributed by atoms with van der Waals surface area (Å²) in [6.07, 6.45) is 7.68. The number of rotatable bonds is 0. The monoisotopic (exact) mass is 164 g/mol. The molecule has 0 aliphatic heterocycles. The smallest absolute Gasteiger partial charge is 0.145 e. The van der Waals surface area contributed by atoms with Crippen molar-refractivity contribution in [3.63, 3.8) is 0 Å². The quantitative estimate of drug-likeness (QED) is 0.503. The molecule has 66 valence electrons. The van der Waals surface area contributed by atoms with Crippen molar-refractivity contribution in [3.05, 3.63) is 12.2 Å². The molecule has 0 aromatic heterocycles. The van der Waals surface area contributed by atoms with Gasteiger partial charge in [-0.15, -0.1) is 0 Å². The van der Waals surface area contributed by atoms with Crippen molar-refractivity contribution in [1.29, 1.82) is 0 Å². The van der Waals surface area contributed by atoms with E-state index in [0.717, 1.165) is 18.8 Å². The topological polar surface area (TPSA) is 17.1 Å². The van der Waals surface area contributed by atoms with Gasteiger partial charge in [0.2, 0.25) is 0 Å². The van der Waals surface area contributed by atoms with Crippen LogP contribution in [0.1, 0.15) is 33.1 Å². The predicted molar refractivity (Wildman–Crippen MR) is 48.8 cm³/mol. The number of carbonyl (C=O) groups is 1. The Balaban J connectivity index is 2.29. The number of ketones is 1. The molecular weight excluding hydrogens is 148 g/mol. The molecule has 12 heavy (non-hydrogen) atoms. The van der Waals surface area contributed by atoms with Crippen LogP contribution in [0.3, 0.4) is 0 Å². The lowest BCUT2D eigenvalue weighted by atomic mass is 9.64. The molecule has 0 N–H and O–H groups in total. The van der Waals surface area contributed by atoms with Crippen molar-refractivity contribution in [2.24, 2.45) is 17.3 Å². The molecule has 1 saturated carbocycles. The Morgan fingerprint density at radius 2 is 2.25 bits per heavy atom. The largest absolute Gasteiger partial charge is 0.298 e. The highest BCUT2D eigenvalue weighted by atomic mass is 16.1. The van der Waals surface area contributed by atoms with Crippen molar-refractivity contribution >= 4 is 5.78 Å². The van der Waals surface area contributed by atoms with Gasteiger partial charge in [0.15, 0.2) is 0 Å². The fourth-order valence-corrected chi connectivity index (χ4v) is 2.65. The molecule has 2 bridgehead atoms. The zero-order valence-corrected chi connectivity index (χ0v) is 7.84. The van der Waals surface area contributed by atoms with Crippen LogP contribution in [0.25, 0.3) is 0 Å². The second-order valence-corrected chi connectivity index (χ2v) is 4.82. The van der Waals surface area contributed by atoms with E-state index in [1.807, 2.05) is 0 Å². The van der Waals surface area contributed by atoms with Crippen LogP contribution in [0.2, 0.25) is 0 Å². The second kappa shape index (κ2) is 2.45. The minimum absolute atomic E-state index is 0.0572. The summed E-state index contributed by atoms with van der Waals surface area (Å²) in [5, 5.41) is 0. The highest BCUT2D eigenvalue weighted by Crippen LogP contribution is 2.43. The number of fused-ring (bicyclic) bond motifs is 2. The molecular formula is C11H16O. The summed E-state index contributed by atoms with van der Waals surface area (Å²) in [5.41, 5.74) is -0.0572. The maximum absolute atomic E-state index is 11.8. The van der Waals surface area contributed by atoms with E-state index in [-0.39, 0.29) is 11.3 Å². The van der Waals surface area contributed by atoms with E-state index >= 15 is 0 Å². The first-order valence-corrected chi connectivity index (χ1v) is 4.80. The third-order valence-corrected chi connectivity index (χ3v) is 3.23. The lowest BCUT2D eigenvalue weighted by Crippen LogP contribution is -2.39. The number of hydrogen-bond donors (Lipinski definition) is 0. The van der Waals surface area contributed by atoms with Crippen LogP contribution in [0.4, 0.5) is 0 Å². The van der Waals surface area contributed by atoms with E-state index in [9.17, 15) is 4.79 Å². The Kier molecular flexibility index (Phi) is 1.64. The van der Waals surface area contributed by atoms with Crippen LogP contribution in [0, 0.1) is 17.3 Å². The highest BCUT2D eigenvalue weighted by Gasteiger charge is 2.41. The van der Waals surface area contributed by atoms with Gasteiger partial charge in [0.05, 0.1) is 0 Å². The van der Waals surface area contributed by atoms with Crippen LogP contribution in [-0.2, 0) is 4.79 Å². The van der Waals surface area contributed by atoms with Crippen molar-refractivity contribution < 1.29 is 4.79 Å². The molecule has 1 nitrogen and oxygen atoms in total. The first-order chi connectivity index (χ1) is 5.59. The van der Waals surface area contributed by atoms with E-state index < -0.39 is 0 Å². The summed E-state index contributed by atoms with van der Waals surface area (Å²) >= 11 is 0. The van der Waals surface area contributed by atoms with Gasteiger partial charge in [-0.3, -0.25) is 4.79 Å². The Hall–Kier alpha value is -0.590. The lowest BCUT2D eigenvalue weighted by Gasteiger charge is -2.39. The van der Waals surface area contributed by atoms with Gasteiger partial charge in [-0.2, -0.15) is 0 Å². The molecule has 0 aromatic rings. The van der Waals surface area contributed by atoms with E-state index in [4.69, 9.17) is 0 Å². The highest BCUT2D eigenvalue weighted by molar-refractivity contribution is 5.88. The standard InChI is InChI=1S/C11H16O/c1-11(2)7-8-4-3-5-9(6-8)10(11)12/h3,5,8-9H,4,6-7H2,1-2H3. The summed E-state index contributed by atoms with van der Waals surface area (Å²) in [6, 6.07) is 0. The summed E-state index contributed by atoms with van der Waals surface area (Å²) in [7, 11) is 0. The van der Waals surface area contributed by atoms with Gasteiger partial charge in [-0.05, 0) is 25.2 Å². The maximum atomic E-state index is 11.8. The van der Waals surface area contributed by atoms with Gasteiger partial charge < -0.3 is 0 Å². The van der Waals surface area contributed by atoms with Crippen LogP contribution in [-0.4, -0.2) is 5.78 Å². The number of hydrogen-bond acceptors (Lipinski definition) is 1. The van der Waals surface area contributed by atoms with Crippen LogP contribution in [0.15, 0.2) is 12.2 Å². The minimum atomic E-state index is -0.0572. The van der Waals surface area contributed by atoms with Crippen LogP contribution >= 0.6 is 0 Å². The molecule has 0 saturated heterocycles. The van der Waals surface area contributed by atoms with Crippen molar-refractivity contribution in [1.82, 2.24) is 0 Å². The Bertz CT molecular complexity index is 237. The fourth-order valence-electron chi connectivity index (χ4n) is 2.65. The summed E-state index contributed by atoms with van der Waals surface area (Å²) < 4.78 is 0. The van der Waals surface area contributed by atoms with Crippen molar-refractivity contribution in [2.45, 2.75) is 33.1 Å². The third kappa shape index (κ3) is 1.12. The fraction of sp³-hybridized carbons (Fsp3) is 0.727. The number of allylic oxidation sites excluding steroid dienone is 2. The van der Waals surface area contributed by atoms with Gasteiger partial charge >= 0.3 is 0 Å². The van der Waals surface area contributed by atoms with Crippen LogP contribution in [0.5, 0.6) is 0 Å². The van der Waals surface area contributed by atoms with Gasteiger partial charge in [-0.1, -0.05) is 26.0 Å². The zero-order chi connectivity index (χ0) is 8.77. The molecule has 0 radical (unpaired) electrons. The lowest BCUT2D eigenvalue weighted by molar-refractivity contribution is -0.134. The summed E-state index contributed by atoms with van der Waals surface area (Å²) in [4.78, 5) is 11.8. The van der Waals surface area contributed by atoms with Crippen LogP contribution < -0.4 is 0 Å². The molecule has 0 aromatic carbocycles. The molecule has 2 aliphatic rings. The van der Waals surface area contributed by atoms with E-state index in [1.165, 1.54) is 6.42 Å². The van der Waals surface area contributed by atoms with Crippen molar-refractivity contribution in [2.75, 3.05) is 0 Å². The Labute approximate surface area is 73.8 Å². The molecule has 0 spiro atoms. The predicted octanol–water partition coefficient (Wildman–Crippen LogP) is 2.57. The molecule has 2 atom stereocenters. The molecule has 0 heterocycles. The normalized spacial score (nSPS) is 38.3. The van der Waals surface area contributed by atoms with Gasteiger partial charge in [-0.25, -0.2) is 0 Å². The molecule has 2 unspecified atom stereocenters. The summed E-state index contributed by atoms with van der Waals surface area (Å²) in [6.45, 7) is 4.18. The second-order valence-electron chi connectivity index (χ2n) is 4.82. The minimum Gasteiger partial charge on any atom is -0.298 e. The van der Waals surface area contributed by atoms with E-state index in [2.05, 4.69) is 26.0 Å². The first kappa shape index (κ1) is 8.03. The van der Waals surface area contributed by atoms with E-state index in [0.29, 0.717) is 5.78 Å². The van der Waals surface area contributed by atoms with E-state index in [1.54, 1.807) is 0 Å².